The smallest absolute Gasteiger partial charge is 0.132 e. The molecular formula is C14H14Cl2N2. The van der Waals surface area contributed by atoms with Crippen molar-refractivity contribution in [1.82, 2.24) is 4.98 Å². The molecule has 2 nitrogen and oxygen atoms in total. The molecule has 0 saturated carbocycles. The molecule has 4 heteroatoms. The van der Waals surface area contributed by atoms with E-state index in [-0.39, 0.29) is 0 Å². The molecule has 0 aliphatic rings. The summed E-state index contributed by atoms with van der Waals surface area (Å²) in [5.74, 6) is 1.35. The van der Waals surface area contributed by atoms with Crippen LogP contribution in [0.1, 0.15) is 11.1 Å². The summed E-state index contributed by atoms with van der Waals surface area (Å²) in [4.78, 5) is 6.43. The normalized spacial score (nSPS) is 10.4. The number of rotatable bonds is 4. The molecule has 0 unspecified atom stereocenters. The Morgan fingerprint density at radius 3 is 2.56 bits per heavy atom. The number of anilines is 1. The highest BCUT2D eigenvalue weighted by molar-refractivity contribution is 6.31. The molecule has 0 bridgehead atoms. The third-order valence-corrected chi connectivity index (χ3v) is 3.40. The first-order valence-corrected chi connectivity index (χ1v) is 6.58. The maximum Gasteiger partial charge on any atom is 0.132 e. The van der Waals surface area contributed by atoms with Crippen LogP contribution in [-0.2, 0) is 12.4 Å². The molecule has 0 N–H and O–H groups in total. The van der Waals surface area contributed by atoms with E-state index >= 15 is 0 Å². The molecule has 1 aromatic heterocycles. The minimum Gasteiger partial charge on any atom is -0.355 e. The lowest BCUT2D eigenvalue weighted by atomic mass is 10.2. The van der Waals surface area contributed by atoms with Gasteiger partial charge in [0.25, 0.3) is 0 Å². The number of nitrogens with zero attached hydrogens (tertiary/aromatic N) is 2. The number of hydrogen-bond acceptors (Lipinski definition) is 2. The highest BCUT2D eigenvalue weighted by atomic mass is 35.5. The van der Waals surface area contributed by atoms with Gasteiger partial charge in [-0.05, 0) is 17.7 Å². The fourth-order valence-corrected chi connectivity index (χ4v) is 2.24. The molecule has 0 amide bonds. The van der Waals surface area contributed by atoms with Crippen molar-refractivity contribution in [2.24, 2.45) is 0 Å². The zero-order chi connectivity index (χ0) is 13.0. The minimum absolute atomic E-state index is 0.454. The third-order valence-electron chi connectivity index (χ3n) is 2.74. The van der Waals surface area contributed by atoms with E-state index in [4.69, 9.17) is 23.2 Å². The van der Waals surface area contributed by atoms with E-state index in [0.717, 1.165) is 22.0 Å². The Bertz CT molecular complexity index is 529. The van der Waals surface area contributed by atoms with Gasteiger partial charge in [0.05, 0.1) is 5.88 Å². The Labute approximate surface area is 117 Å². The molecule has 0 atom stereocenters. The molecule has 1 heterocycles. The molecule has 0 fully saturated rings. The monoisotopic (exact) mass is 280 g/mol. The van der Waals surface area contributed by atoms with Crippen LogP contribution in [0.4, 0.5) is 5.82 Å². The van der Waals surface area contributed by atoms with Crippen LogP contribution < -0.4 is 4.90 Å². The maximum absolute atomic E-state index is 6.16. The predicted molar refractivity (Wildman–Crippen MR) is 77.4 cm³/mol. The van der Waals surface area contributed by atoms with Gasteiger partial charge in [-0.3, -0.25) is 0 Å². The van der Waals surface area contributed by atoms with Crippen molar-refractivity contribution in [2.45, 2.75) is 12.4 Å². The molecule has 0 aliphatic heterocycles. The van der Waals surface area contributed by atoms with Gasteiger partial charge in [-0.1, -0.05) is 35.9 Å². The fraction of sp³-hybridized carbons (Fsp3) is 0.214. The van der Waals surface area contributed by atoms with Crippen molar-refractivity contribution in [1.29, 1.82) is 0 Å². The molecule has 0 spiro atoms. The topological polar surface area (TPSA) is 16.1 Å². The summed E-state index contributed by atoms with van der Waals surface area (Å²) in [5, 5.41) is 0.771. The van der Waals surface area contributed by atoms with Crippen LogP contribution in [0.15, 0.2) is 42.6 Å². The standard InChI is InChI=1S/C14H14Cl2N2/c1-18(10-12-5-2-3-7-13(12)16)14-11(9-15)6-4-8-17-14/h2-8H,9-10H2,1H3. The van der Waals surface area contributed by atoms with E-state index in [1.54, 1.807) is 6.20 Å². The predicted octanol–water partition coefficient (Wildman–Crippen LogP) is 4.11. The number of aromatic nitrogens is 1. The zero-order valence-electron chi connectivity index (χ0n) is 10.1. The molecule has 2 aromatic rings. The van der Waals surface area contributed by atoms with E-state index < -0.39 is 0 Å². The summed E-state index contributed by atoms with van der Waals surface area (Å²) in [7, 11) is 1.99. The van der Waals surface area contributed by atoms with Gasteiger partial charge in [-0.25, -0.2) is 4.98 Å². The molecule has 0 saturated heterocycles. The number of benzene rings is 1. The van der Waals surface area contributed by atoms with Crippen LogP contribution in [0.25, 0.3) is 0 Å². The van der Waals surface area contributed by atoms with Gasteiger partial charge in [0.2, 0.25) is 0 Å². The van der Waals surface area contributed by atoms with Crippen molar-refractivity contribution < 1.29 is 0 Å². The summed E-state index contributed by atoms with van der Waals surface area (Å²) in [6.45, 7) is 0.709. The van der Waals surface area contributed by atoms with Gasteiger partial charge in [0.1, 0.15) is 5.82 Å². The van der Waals surface area contributed by atoms with Crippen LogP contribution in [-0.4, -0.2) is 12.0 Å². The largest absolute Gasteiger partial charge is 0.355 e. The van der Waals surface area contributed by atoms with Crippen molar-refractivity contribution >= 4 is 29.0 Å². The van der Waals surface area contributed by atoms with Crippen LogP contribution in [0.5, 0.6) is 0 Å². The molecule has 2 rings (SSSR count). The molecule has 1 aromatic carbocycles. The van der Waals surface area contributed by atoms with E-state index in [1.165, 1.54) is 0 Å². The molecule has 0 radical (unpaired) electrons. The van der Waals surface area contributed by atoms with Crippen LogP contribution >= 0.6 is 23.2 Å². The zero-order valence-corrected chi connectivity index (χ0v) is 11.6. The first-order valence-electron chi connectivity index (χ1n) is 5.66. The Morgan fingerprint density at radius 2 is 1.83 bits per heavy atom. The highest BCUT2D eigenvalue weighted by Crippen LogP contribution is 2.22. The average Bonchev–Trinajstić information content (AvgIpc) is 2.41. The molecular weight excluding hydrogens is 267 g/mol. The fourth-order valence-electron chi connectivity index (χ4n) is 1.84. The van der Waals surface area contributed by atoms with Gasteiger partial charge in [-0.2, -0.15) is 0 Å². The summed E-state index contributed by atoms with van der Waals surface area (Å²) in [6.07, 6.45) is 1.77. The van der Waals surface area contributed by atoms with E-state index in [9.17, 15) is 0 Å². The van der Waals surface area contributed by atoms with Crippen LogP contribution in [0, 0.1) is 0 Å². The lowest BCUT2D eigenvalue weighted by Gasteiger charge is -2.21. The van der Waals surface area contributed by atoms with Gasteiger partial charge < -0.3 is 4.90 Å². The summed E-state index contributed by atoms with van der Waals surface area (Å²) in [6, 6.07) is 11.7. The van der Waals surface area contributed by atoms with E-state index in [1.807, 2.05) is 43.4 Å². The van der Waals surface area contributed by atoms with E-state index in [2.05, 4.69) is 9.88 Å². The third kappa shape index (κ3) is 2.95. The van der Waals surface area contributed by atoms with Crippen LogP contribution in [0.3, 0.4) is 0 Å². The first-order chi connectivity index (χ1) is 8.72. The van der Waals surface area contributed by atoms with Crippen molar-refractivity contribution in [2.75, 3.05) is 11.9 Å². The molecule has 94 valence electrons. The lowest BCUT2D eigenvalue weighted by Crippen LogP contribution is -2.19. The Morgan fingerprint density at radius 1 is 1.11 bits per heavy atom. The number of pyridine rings is 1. The summed E-state index contributed by atoms with van der Waals surface area (Å²) < 4.78 is 0. The summed E-state index contributed by atoms with van der Waals surface area (Å²) >= 11 is 12.1. The van der Waals surface area contributed by atoms with Crippen molar-refractivity contribution in [3.63, 3.8) is 0 Å². The Kier molecular flexibility index (Phi) is 4.45. The first kappa shape index (κ1) is 13.2. The van der Waals surface area contributed by atoms with E-state index in [0.29, 0.717) is 12.4 Å². The van der Waals surface area contributed by atoms with Gasteiger partial charge in [0.15, 0.2) is 0 Å². The summed E-state index contributed by atoms with van der Waals surface area (Å²) in [5.41, 5.74) is 2.10. The maximum atomic E-state index is 6.16. The van der Waals surface area contributed by atoms with Crippen LogP contribution in [0.2, 0.25) is 5.02 Å². The average molecular weight is 281 g/mol. The SMILES string of the molecule is CN(Cc1ccccc1Cl)c1ncccc1CCl. The second-order valence-electron chi connectivity index (χ2n) is 4.07. The second kappa shape index (κ2) is 6.07. The van der Waals surface area contributed by atoms with Gasteiger partial charge >= 0.3 is 0 Å². The highest BCUT2D eigenvalue weighted by Gasteiger charge is 2.09. The number of alkyl halides is 1. The van der Waals surface area contributed by atoms with Gasteiger partial charge in [-0.15, -0.1) is 11.6 Å². The van der Waals surface area contributed by atoms with Crippen molar-refractivity contribution in [3.05, 3.63) is 58.7 Å². The Hall–Kier alpha value is -1.25. The van der Waals surface area contributed by atoms with Crippen molar-refractivity contribution in [3.8, 4) is 0 Å². The Balaban J connectivity index is 2.22. The number of halogens is 2. The second-order valence-corrected chi connectivity index (χ2v) is 4.74. The quantitative estimate of drug-likeness (QED) is 0.784. The van der Waals surface area contributed by atoms with Gasteiger partial charge in [0, 0.05) is 30.4 Å². The lowest BCUT2D eigenvalue weighted by molar-refractivity contribution is 0.889. The minimum atomic E-state index is 0.454. The number of hydrogen-bond donors (Lipinski definition) is 0. The molecule has 0 aliphatic carbocycles. The molecule has 18 heavy (non-hydrogen) atoms.